The number of benzene rings is 2. The number of aromatic nitrogens is 1. The third-order valence-electron chi connectivity index (χ3n) is 4.25. The van der Waals surface area contributed by atoms with Crippen LogP contribution in [-0.2, 0) is 14.8 Å². The summed E-state index contributed by atoms with van der Waals surface area (Å²) in [5.41, 5.74) is -1.76. The zero-order valence-corrected chi connectivity index (χ0v) is 18.5. The summed E-state index contributed by atoms with van der Waals surface area (Å²) in [5, 5.41) is 4.62. The minimum Gasteiger partial charge on any atom is -0.435 e. The van der Waals surface area contributed by atoms with Gasteiger partial charge in [-0.25, -0.2) is 22.2 Å². The molecule has 0 bridgehead atoms. The van der Waals surface area contributed by atoms with Crippen LogP contribution in [0.2, 0.25) is 0 Å². The van der Waals surface area contributed by atoms with Crippen LogP contribution in [0.5, 0.6) is 5.75 Å². The molecule has 0 spiro atoms. The van der Waals surface area contributed by atoms with E-state index >= 15 is 0 Å². The molecule has 1 aromatic heterocycles. The molecule has 0 aliphatic carbocycles. The molecule has 0 saturated heterocycles. The first-order valence-corrected chi connectivity index (χ1v) is 11.1. The molecular formula is C21H16F4N4O5S. The summed E-state index contributed by atoms with van der Waals surface area (Å²) in [6, 6.07) is 7.92. The summed E-state index contributed by atoms with van der Waals surface area (Å²) in [5.74, 6) is -4.49. The maximum Gasteiger partial charge on any atom is 0.387 e. The first-order valence-electron chi connectivity index (χ1n) is 9.57. The maximum absolute atomic E-state index is 15.0. The number of amides is 2. The molecule has 0 unspecified atom stereocenters. The van der Waals surface area contributed by atoms with Crippen LogP contribution in [0.25, 0.3) is 0 Å². The Morgan fingerprint density at radius 1 is 0.971 bits per heavy atom. The highest BCUT2D eigenvalue weighted by atomic mass is 32.2. The number of carbonyl (C=O) groups excluding carboxylic acids is 2. The molecule has 14 heteroatoms. The molecule has 0 aliphatic rings. The molecule has 3 rings (SSSR count). The lowest BCUT2D eigenvalue weighted by Gasteiger charge is -2.13. The fourth-order valence-corrected chi connectivity index (χ4v) is 3.82. The minimum absolute atomic E-state index is 0.0417. The Morgan fingerprint density at radius 2 is 1.66 bits per heavy atom. The Labute approximate surface area is 196 Å². The SMILES string of the molecule is CC(=O)Nc1ccc(NC(=O)c2c(F)ccc(NS(=O)(=O)c3ccc(OC(F)F)cc3)c2F)cn1. The molecule has 35 heavy (non-hydrogen) atoms. The molecule has 2 aromatic carbocycles. The number of halogens is 4. The quantitative estimate of drug-likeness (QED) is 0.392. The van der Waals surface area contributed by atoms with E-state index in [0.717, 1.165) is 36.5 Å². The van der Waals surface area contributed by atoms with E-state index < -0.39 is 50.3 Å². The smallest absolute Gasteiger partial charge is 0.387 e. The Balaban J connectivity index is 1.81. The van der Waals surface area contributed by atoms with Crippen LogP contribution in [0.15, 0.2) is 59.6 Å². The molecule has 0 radical (unpaired) electrons. The highest BCUT2D eigenvalue weighted by Gasteiger charge is 2.24. The molecule has 0 saturated carbocycles. The normalized spacial score (nSPS) is 11.1. The molecule has 184 valence electrons. The summed E-state index contributed by atoms with van der Waals surface area (Å²) >= 11 is 0. The Hall–Kier alpha value is -4.20. The zero-order valence-electron chi connectivity index (χ0n) is 17.7. The molecule has 0 fully saturated rings. The molecule has 2 amide bonds. The molecule has 3 aromatic rings. The minimum atomic E-state index is -4.44. The Kier molecular flexibility index (Phi) is 7.54. The molecule has 0 aliphatic heterocycles. The number of hydrogen-bond donors (Lipinski definition) is 3. The second-order valence-electron chi connectivity index (χ2n) is 6.81. The average Bonchev–Trinajstić information content (AvgIpc) is 2.77. The van der Waals surface area contributed by atoms with E-state index in [1.807, 2.05) is 4.72 Å². The van der Waals surface area contributed by atoms with Gasteiger partial charge in [0.1, 0.15) is 22.9 Å². The van der Waals surface area contributed by atoms with Gasteiger partial charge >= 0.3 is 6.61 Å². The fraction of sp³-hybridized carbons (Fsp3) is 0.0952. The van der Waals surface area contributed by atoms with Crippen molar-refractivity contribution in [1.82, 2.24) is 4.98 Å². The van der Waals surface area contributed by atoms with Crippen LogP contribution in [0, 0.1) is 11.6 Å². The first-order chi connectivity index (χ1) is 16.5. The van der Waals surface area contributed by atoms with Crippen molar-refractivity contribution >= 4 is 39.0 Å². The van der Waals surface area contributed by atoms with Crippen LogP contribution >= 0.6 is 0 Å². The number of anilines is 3. The van der Waals surface area contributed by atoms with Gasteiger partial charge in [-0.3, -0.25) is 14.3 Å². The van der Waals surface area contributed by atoms with Crippen molar-refractivity contribution in [3.8, 4) is 5.75 Å². The third kappa shape index (κ3) is 6.44. The van der Waals surface area contributed by atoms with Crippen molar-refractivity contribution in [2.24, 2.45) is 0 Å². The van der Waals surface area contributed by atoms with Crippen molar-refractivity contribution in [2.45, 2.75) is 18.4 Å². The fourth-order valence-electron chi connectivity index (χ4n) is 2.76. The van der Waals surface area contributed by atoms with E-state index in [4.69, 9.17) is 0 Å². The summed E-state index contributed by atoms with van der Waals surface area (Å²) in [4.78, 5) is 26.9. The van der Waals surface area contributed by atoms with Gasteiger partial charge in [-0.1, -0.05) is 0 Å². The third-order valence-corrected chi connectivity index (χ3v) is 5.63. The second kappa shape index (κ2) is 10.4. The van der Waals surface area contributed by atoms with Gasteiger partial charge in [0, 0.05) is 6.92 Å². The Morgan fingerprint density at radius 3 is 2.23 bits per heavy atom. The van der Waals surface area contributed by atoms with Crippen LogP contribution in [-0.4, -0.2) is 31.8 Å². The van der Waals surface area contributed by atoms with Crippen molar-refractivity contribution in [3.05, 3.63) is 71.9 Å². The number of nitrogens with one attached hydrogen (secondary N) is 3. The van der Waals surface area contributed by atoms with Gasteiger partial charge < -0.3 is 15.4 Å². The highest BCUT2D eigenvalue weighted by Crippen LogP contribution is 2.26. The lowest BCUT2D eigenvalue weighted by atomic mass is 10.1. The zero-order chi connectivity index (χ0) is 25.8. The standard InChI is InChI=1S/C21H16F4N4O5S/c1-11(30)27-17-9-2-12(10-26-17)28-20(31)18-15(22)7-8-16(19(18)23)29-35(32,33)14-5-3-13(4-6-14)34-21(24)25/h2-10,21,29H,1H3,(H,28,31)(H,26,27,30). The number of hydrogen-bond acceptors (Lipinski definition) is 6. The van der Waals surface area contributed by atoms with Crippen LogP contribution in [0.1, 0.15) is 17.3 Å². The van der Waals surface area contributed by atoms with E-state index in [1.165, 1.54) is 19.1 Å². The van der Waals surface area contributed by atoms with E-state index in [-0.39, 0.29) is 23.2 Å². The predicted octanol–water partition coefficient (Wildman–Crippen LogP) is 3.97. The molecule has 1 heterocycles. The predicted molar refractivity (Wildman–Crippen MR) is 117 cm³/mol. The lowest BCUT2D eigenvalue weighted by molar-refractivity contribution is -0.114. The molecule has 9 nitrogen and oxygen atoms in total. The van der Waals surface area contributed by atoms with Crippen molar-refractivity contribution in [2.75, 3.05) is 15.4 Å². The van der Waals surface area contributed by atoms with Crippen molar-refractivity contribution in [3.63, 3.8) is 0 Å². The molecule has 0 atom stereocenters. The number of rotatable bonds is 8. The average molecular weight is 512 g/mol. The van der Waals surface area contributed by atoms with Gasteiger partial charge in [0.05, 0.1) is 22.5 Å². The summed E-state index contributed by atoms with van der Waals surface area (Å²) in [6.45, 7) is -1.85. The van der Waals surface area contributed by atoms with Gasteiger partial charge in [-0.15, -0.1) is 0 Å². The number of pyridine rings is 1. The van der Waals surface area contributed by atoms with Crippen LogP contribution < -0.4 is 20.1 Å². The summed E-state index contributed by atoms with van der Waals surface area (Å²) < 4.78 is 84.8. The number of ether oxygens (including phenoxy) is 1. The number of alkyl halides is 2. The lowest BCUT2D eigenvalue weighted by Crippen LogP contribution is -2.19. The summed E-state index contributed by atoms with van der Waals surface area (Å²) in [6.07, 6.45) is 1.13. The maximum atomic E-state index is 15.0. The van der Waals surface area contributed by atoms with Gasteiger partial charge in [0.25, 0.3) is 15.9 Å². The molecular weight excluding hydrogens is 496 g/mol. The van der Waals surface area contributed by atoms with Gasteiger partial charge in [-0.2, -0.15) is 8.78 Å². The van der Waals surface area contributed by atoms with Crippen LogP contribution in [0.3, 0.4) is 0 Å². The first kappa shape index (κ1) is 25.4. The number of carbonyl (C=O) groups is 2. The van der Waals surface area contributed by atoms with Crippen molar-refractivity contribution < 1.29 is 40.3 Å². The highest BCUT2D eigenvalue weighted by molar-refractivity contribution is 7.92. The molecule has 3 N–H and O–H groups in total. The van der Waals surface area contributed by atoms with Gasteiger partial charge in [0.15, 0.2) is 5.82 Å². The van der Waals surface area contributed by atoms with Crippen molar-refractivity contribution in [1.29, 1.82) is 0 Å². The summed E-state index contributed by atoms with van der Waals surface area (Å²) in [7, 11) is -4.44. The van der Waals surface area contributed by atoms with Gasteiger partial charge in [-0.05, 0) is 48.5 Å². The van der Waals surface area contributed by atoms with E-state index in [1.54, 1.807) is 0 Å². The topological polar surface area (TPSA) is 126 Å². The Bertz CT molecular complexity index is 1350. The van der Waals surface area contributed by atoms with Crippen LogP contribution in [0.4, 0.5) is 34.8 Å². The van der Waals surface area contributed by atoms with E-state index in [2.05, 4.69) is 20.4 Å². The monoisotopic (exact) mass is 512 g/mol. The van der Waals surface area contributed by atoms with E-state index in [9.17, 15) is 35.6 Å². The second-order valence-corrected chi connectivity index (χ2v) is 8.49. The largest absolute Gasteiger partial charge is 0.435 e. The van der Waals surface area contributed by atoms with E-state index in [0.29, 0.717) is 6.07 Å². The number of nitrogens with zero attached hydrogens (tertiary/aromatic N) is 1. The van der Waals surface area contributed by atoms with Gasteiger partial charge in [0.2, 0.25) is 5.91 Å². The number of sulfonamides is 1.